The summed E-state index contributed by atoms with van der Waals surface area (Å²) < 4.78 is 0. The lowest BCUT2D eigenvalue weighted by atomic mass is 9.92. The third-order valence-corrected chi connectivity index (χ3v) is 6.65. The molecular formula is C20H24N4S. The van der Waals surface area contributed by atoms with Gasteiger partial charge in [-0.25, -0.2) is 4.98 Å². The van der Waals surface area contributed by atoms with E-state index in [1.165, 1.54) is 42.9 Å². The Balaban J connectivity index is 1.28. The number of rotatable bonds is 5. The van der Waals surface area contributed by atoms with Gasteiger partial charge in [-0.3, -0.25) is 9.80 Å². The number of likely N-dealkylation sites (tertiary alicyclic amines) is 1. The maximum atomic E-state index is 8.90. The van der Waals surface area contributed by atoms with Gasteiger partial charge in [-0.05, 0) is 62.5 Å². The average Bonchev–Trinajstić information content (AvgIpc) is 3.09. The molecule has 1 aliphatic carbocycles. The SMILES string of the molecule is CN(Cc1nccs1)[C@H]1CC12CCN(Cc1ccc(C#N)cc1)CC2. The van der Waals surface area contributed by atoms with Gasteiger partial charge in [0.15, 0.2) is 0 Å². The van der Waals surface area contributed by atoms with Crippen molar-refractivity contribution >= 4 is 11.3 Å². The van der Waals surface area contributed by atoms with Crippen LogP contribution in [0.3, 0.4) is 0 Å². The zero-order valence-electron chi connectivity index (χ0n) is 14.7. The first-order valence-corrected chi connectivity index (χ1v) is 9.86. The molecule has 2 aliphatic rings. The van der Waals surface area contributed by atoms with E-state index in [0.717, 1.165) is 24.7 Å². The summed E-state index contributed by atoms with van der Waals surface area (Å²) in [6, 6.07) is 10.9. The van der Waals surface area contributed by atoms with Crippen LogP contribution in [0.25, 0.3) is 0 Å². The molecule has 25 heavy (non-hydrogen) atoms. The van der Waals surface area contributed by atoms with Gasteiger partial charge in [0.1, 0.15) is 5.01 Å². The summed E-state index contributed by atoms with van der Waals surface area (Å²) >= 11 is 1.75. The smallest absolute Gasteiger partial charge is 0.107 e. The molecule has 0 N–H and O–H groups in total. The summed E-state index contributed by atoms with van der Waals surface area (Å²) in [7, 11) is 2.25. The summed E-state index contributed by atoms with van der Waals surface area (Å²) in [5, 5.41) is 12.2. The molecule has 1 aromatic carbocycles. The Kier molecular flexibility index (Phi) is 4.60. The summed E-state index contributed by atoms with van der Waals surface area (Å²) in [5.74, 6) is 0. The Morgan fingerprint density at radius 1 is 1.32 bits per heavy atom. The van der Waals surface area contributed by atoms with Gasteiger partial charge in [0.25, 0.3) is 0 Å². The number of hydrogen-bond donors (Lipinski definition) is 0. The molecule has 1 spiro atoms. The lowest BCUT2D eigenvalue weighted by Crippen LogP contribution is -2.37. The Morgan fingerprint density at radius 3 is 2.72 bits per heavy atom. The van der Waals surface area contributed by atoms with Crippen LogP contribution < -0.4 is 0 Å². The van der Waals surface area contributed by atoms with Gasteiger partial charge < -0.3 is 0 Å². The molecule has 2 heterocycles. The Morgan fingerprint density at radius 2 is 2.08 bits per heavy atom. The van der Waals surface area contributed by atoms with E-state index in [-0.39, 0.29) is 0 Å². The fraction of sp³-hybridized carbons (Fsp3) is 0.500. The maximum Gasteiger partial charge on any atom is 0.107 e. The largest absolute Gasteiger partial charge is 0.299 e. The fourth-order valence-electron chi connectivity index (χ4n) is 4.24. The van der Waals surface area contributed by atoms with Crippen LogP contribution in [-0.2, 0) is 13.1 Å². The van der Waals surface area contributed by atoms with Crippen molar-refractivity contribution < 1.29 is 0 Å². The molecule has 1 aromatic heterocycles. The van der Waals surface area contributed by atoms with E-state index in [4.69, 9.17) is 5.26 Å². The van der Waals surface area contributed by atoms with Gasteiger partial charge in [0.2, 0.25) is 0 Å². The van der Waals surface area contributed by atoms with E-state index in [9.17, 15) is 0 Å². The van der Waals surface area contributed by atoms with Crippen LogP contribution in [0.2, 0.25) is 0 Å². The lowest BCUT2D eigenvalue weighted by Gasteiger charge is -2.34. The normalized spacial score (nSPS) is 22.2. The van der Waals surface area contributed by atoms with E-state index in [1.54, 1.807) is 11.3 Å². The zero-order chi connectivity index (χ0) is 17.3. The van der Waals surface area contributed by atoms with Gasteiger partial charge in [0, 0.05) is 24.2 Å². The predicted octanol–water partition coefficient (Wildman–Crippen LogP) is 3.50. The van der Waals surface area contributed by atoms with Gasteiger partial charge in [0.05, 0.1) is 18.2 Å². The predicted molar refractivity (Wildman–Crippen MR) is 100 cm³/mol. The van der Waals surface area contributed by atoms with E-state index in [0.29, 0.717) is 5.41 Å². The van der Waals surface area contributed by atoms with Crippen LogP contribution >= 0.6 is 11.3 Å². The van der Waals surface area contributed by atoms with Crippen molar-refractivity contribution in [3.05, 3.63) is 52.0 Å². The number of aromatic nitrogens is 1. The van der Waals surface area contributed by atoms with E-state index >= 15 is 0 Å². The van der Waals surface area contributed by atoms with Crippen LogP contribution in [0.15, 0.2) is 35.8 Å². The van der Waals surface area contributed by atoms with Gasteiger partial charge in [-0.15, -0.1) is 11.3 Å². The number of nitrogens with zero attached hydrogens (tertiary/aromatic N) is 4. The molecule has 5 heteroatoms. The topological polar surface area (TPSA) is 43.2 Å². The highest BCUT2D eigenvalue weighted by molar-refractivity contribution is 7.09. The molecular weight excluding hydrogens is 328 g/mol. The minimum absolute atomic E-state index is 0.549. The summed E-state index contributed by atoms with van der Waals surface area (Å²) in [4.78, 5) is 9.49. The second kappa shape index (κ2) is 6.87. The second-order valence-corrected chi connectivity index (χ2v) is 8.49. The van der Waals surface area contributed by atoms with E-state index < -0.39 is 0 Å². The van der Waals surface area contributed by atoms with Crippen LogP contribution in [0.4, 0.5) is 0 Å². The first kappa shape index (κ1) is 16.7. The van der Waals surface area contributed by atoms with Crippen molar-refractivity contribution in [2.24, 2.45) is 5.41 Å². The van der Waals surface area contributed by atoms with Crippen molar-refractivity contribution in [1.29, 1.82) is 5.26 Å². The van der Waals surface area contributed by atoms with Crippen molar-refractivity contribution in [2.45, 2.75) is 38.4 Å². The number of benzene rings is 1. The number of piperidine rings is 1. The Hall–Kier alpha value is -1.74. The zero-order valence-corrected chi connectivity index (χ0v) is 15.5. The van der Waals surface area contributed by atoms with Gasteiger partial charge in [-0.1, -0.05) is 12.1 Å². The average molecular weight is 353 g/mol. The number of nitriles is 1. The van der Waals surface area contributed by atoms with Gasteiger partial charge in [-0.2, -0.15) is 5.26 Å². The van der Waals surface area contributed by atoms with Gasteiger partial charge >= 0.3 is 0 Å². The fourth-order valence-corrected chi connectivity index (χ4v) is 4.92. The Bertz CT molecular complexity index is 739. The molecule has 130 valence electrons. The second-order valence-electron chi connectivity index (χ2n) is 7.51. The first-order valence-electron chi connectivity index (χ1n) is 8.98. The van der Waals surface area contributed by atoms with Crippen molar-refractivity contribution in [1.82, 2.24) is 14.8 Å². The summed E-state index contributed by atoms with van der Waals surface area (Å²) in [6.45, 7) is 4.35. The third-order valence-electron chi connectivity index (χ3n) is 5.89. The van der Waals surface area contributed by atoms with Crippen LogP contribution in [0.1, 0.15) is 35.4 Å². The van der Waals surface area contributed by atoms with Crippen LogP contribution in [0.5, 0.6) is 0 Å². The summed E-state index contributed by atoms with van der Waals surface area (Å²) in [5.41, 5.74) is 2.60. The van der Waals surface area contributed by atoms with Crippen LogP contribution in [-0.4, -0.2) is 41.0 Å². The van der Waals surface area contributed by atoms with Crippen molar-refractivity contribution in [3.63, 3.8) is 0 Å². The van der Waals surface area contributed by atoms with E-state index in [2.05, 4.69) is 45.4 Å². The quantitative estimate of drug-likeness (QED) is 0.826. The Labute approximate surface area is 153 Å². The molecule has 0 radical (unpaired) electrons. The molecule has 1 saturated heterocycles. The van der Waals surface area contributed by atoms with Crippen molar-refractivity contribution in [2.75, 3.05) is 20.1 Å². The van der Waals surface area contributed by atoms with E-state index in [1.807, 2.05) is 18.3 Å². The molecule has 4 rings (SSSR count). The molecule has 4 nitrogen and oxygen atoms in total. The maximum absolute atomic E-state index is 8.90. The monoisotopic (exact) mass is 352 g/mol. The van der Waals surface area contributed by atoms with Crippen LogP contribution in [0, 0.1) is 16.7 Å². The molecule has 1 aliphatic heterocycles. The first-order chi connectivity index (χ1) is 12.2. The lowest BCUT2D eigenvalue weighted by molar-refractivity contribution is 0.139. The molecule has 0 bridgehead atoms. The summed E-state index contributed by atoms with van der Waals surface area (Å²) in [6.07, 6.45) is 5.85. The molecule has 0 unspecified atom stereocenters. The highest BCUT2D eigenvalue weighted by Crippen LogP contribution is 2.56. The molecule has 2 fully saturated rings. The standard InChI is InChI=1S/C20H24N4S/c1-23(15-19-22-8-11-25-19)18-12-20(18)6-9-24(10-7-20)14-17-4-2-16(13-21)3-5-17/h2-5,8,11,18H,6-7,9-10,12,14-15H2,1H3/t18-/m0/s1. The highest BCUT2D eigenvalue weighted by atomic mass is 32.1. The molecule has 1 atom stereocenters. The molecule has 1 saturated carbocycles. The molecule has 2 aromatic rings. The van der Waals surface area contributed by atoms with Crippen molar-refractivity contribution in [3.8, 4) is 6.07 Å². The minimum atomic E-state index is 0.549. The highest BCUT2D eigenvalue weighted by Gasteiger charge is 2.56. The third kappa shape index (κ3) is 3.62. The number of hydrogen-bond acceptors (Lipinski definition) is 5. The number of thiazole rings is 1. The molecule has 0 amide bonds. The minimum Gasteiger partial charge on any atom is -0.299 e.